The van der Waals surface area contributed by atoms with E-state index in [9.17, 15) is 4.79 Å². The predicted octanol–water partition coefficient (Wildman–Crippen LogP) is 5.40. The second-order valence-corrected chi connectivity index (χ2v) is 6.64. The monoisotopic (exact) mass is 386 g/mol. The van der Waals surface area contributed by atoms with Crippen molar-refractivity contribution in [2.75, 3.05) is 10.6 Å². The van der Waals surface area contributed by atoms with Crippen LogP contribution in [0.3, 0.4) is 0 Å². The van der Waals surface area contributed by atoms with Crippen molar-refractivity contribution in [3.05, 3.63) is 75.5 Å². The minimum Gasteiger partial charge on any atom is -0.324 e. The summed E-state index contributed by atoms with van der Waals surface area (Å²) in [6.07, 6.45) is 2.93. The fraction of sp³-hybridized carbons (Fsp3) is 0.105. The molecular formula is C19H16Cl2N4O. The second-order valence-electron chi connectivity index (χ2n) is 5.80. The van der Waals surface area contributed by atoms with E-state index in [1.165, 1.54) is 12.4 Å². The first kappa shape index (κ1) is 18.2. The van der Waals surface area contributed by atoms with Crippen LogP contribution in [0.1, 0.15) is 21.5 Å². The number of anilines is 3. The van der Waals surface area contributed by atoms with Crippen molar-refractivity contribution in [2.45, 2.75) is 13.8 Å². The van der Waals surface area contributed by atoms with Crippen molar-refractivity contribution in [2.24, 2.45) is 0 Å². The molecule has 0 aliphatic carbocycles. The summed E-state index contributed by atoms with van der Waals surface area (Å²) in [7, 11) is 0. The Labute approximate surface area is 161 Å². The van der Waals surface area contributed by atoms with E-state index in [1.807, 2.05) is 32.0 Å². The molecule has 0 aliphatic heterocycles. The van der Waals surface area contributed by atoms with Crippen molar-refractivity contribution in [3.63, 3.8) is 0 Å². The standard InChI is InChI=1S/C19H16Cl2N4O/c1-11-3-5-15(8-16(11)21)24-18(26)13-9-22-19(23-10-13)25-17-6-4-14(20)7-12(17)2/h3-10H,1-2H3,(H,24,26)(H,22,23,25). The molecule has 0 spiro atoms. The molecule has 0 saturated heterocycles. The summed E-state index contributed by atoms with van der Waals surface area (Å²) < 4.78 is 0. The Morgan fingerprint density at radius 3 is 2.35 bits per heavy atom. The van der Waals surface area contributed by atoms with Crippen LogP contribution in [-0.4, -0.2) is 15.9 Å². The molecule has 1 amide bonds. The number of benzene rings is 2. The van der Waals surface area contributed by atoms with Crippen molar-refractivity contribution >= 4 is 46.4 Å². The first-order valence-corrected chi connectivity index (χ1v) is 8.61. The number of carbonyl (C=O) groups is 1. The van der Waals surface area contributed by atoms with E-state index < -0.39 is 0 Å². The van der Waals surface area contributed by atoms with Crippen LogP contribution in [0.15, 0.2) is 48.8 Å². The number of rotatable bonds is 4. The zero-order valence-corrected chi connectivity index (χ0v) is 15.7. The van der Waals surface area contributed by atoms with E-state index in [0.29, 0.717) is 27.2 Å². The Morgan fingerprint density at radius 1 is 0.962 bits per heavy atom. The number of aromatic nitrogens is 2. The van der Waals surface area contributed by atoms with Crippen LogP contribution >= 0.6 is 23.2 Å². The molecule has 3 rings (SSSR count). The first-order chi connectivity index (χ1) is 12.4. The van der Waals surface area contributed by atoms with Crippen LogP contribution in [0.25, 0.3) is 0 Å². The maximum Gasteiger partial charge on any atom is 0.258 e. The Kier molecular flexibility index (Phi) is 5.40. The maximum atomic E-state index is 12.3. The summed E-state index contributed by atoms with van der Waals surface area (Å²) in [4.78, 5) is 20.7. The van der Waals surface area contributed by atoms with Gasteiger partial charge < -0.3 is 10.6 Å². The molecule has 0 bridgehead atoms. The van der Waals surface area contributed by atoms with Gasteiger partial charge in [0.1, 0.15) is 0 Å². The van der Waals surface area contributed by atoms with Gasteiger partial charge >= 0.3 is 0 Å². The summed E-state index contributed by atoms with van der Waals surface area (Å²) >= 11 is 12.0. The quantitative estimate of drug-likeness (QED) is 0.629. The normalized spacial score (nSPS) is 10.5. The van der Waals surface area contributed by atoms with Crippen LogP contribution in [-0.2, 0) is 0 Å². The minimum atomic E-state index is -0.306. The fourth-order valence-electron chi connectivity index (χ4n) is 2.27. The van der Waals surface area contributed by atoms with Gasteiger partial charge in [-0.25, -0.2) is 9.97 Å². The maximum absolute atomic E-state index is 12.3. The smallest absolute Gasteiger partial charge is 0.258 e. The van der Waals surface area contributed by atoms with Crippen LogP contribution in [0.5, 0.6) is 0 Å². The average molecular weight is 387 g/mol. The van der Waals surface area contributed by atoms with Gasteiger partial charge in [-0.3, -0.25) is 4.79 Å². The molecular weight excluding hydrogens is 371 g/mol. The number of halogens is 2. The zero-order chi connectivity index (χ0) is 18.7. The molecule has 0 unspecified atom stereocenters. The van der Waals surface area contributed by atoms with Crippen LogP contribution in [0.4, 0.5) is 17.3 Å². The highest BCUT2D eigenvalue weighted by Crippen LogP contribution is 2.22. The lowest BCUT2D eigenvalue weighted by Crippen LogP contribution is -2.13. The molecule has 1 heterocycles. The zero-order valence-electron chi connectivity index (χ0n) is 14.2. The number of amides is 1. The second kappa shape index (κ2) is 7.72. The third kappa shape index (κ3) is 4.31. The third-order valence-electron chi connectivity index (χ3n) is 3.78. The Bertz CT molecular complexity index is 958. The van der Waals surface area contributed by atoms with E-state index in [4.69, 9.17) is 23.2 Å². The first-order valence-electron chi connectivity index (χ1n) is 7.85. The molecule has 132 valence electrons. The minimum absolute atomic E-state index is 0.306. The van der Waals surface area contributed by atoms with Gasteiger partial charge in [0.05, 0.1) is 5.56 Å². The molecule has 0 aliphatic rings. The molecule has 2 N–H and O–H groups in total. The van der Waals surface area contributed by atoms with Gasteiger partial charge in [0.2, 0.25) is 5.95 Å². The van der Waals surface area contributed by atoms with E-state index >= 15 is 0 Å². The van der Waals surface area contributed by atoms with Gasteiger partial charge in [-0.15, -0.1) is 0 Å². The summed E-state index contributed by atoms with van der Waals surface area (Å²) in [6.45, 7) is 3.83. The number of hydrogen-bond donors (Lipinski definition) is 2. The summed E-state index contributed by atoms with van der Waals surface area (Å²) in [5, 5.41) is 7.13. The summed E-state index contributed by atoms with van der Waals surface area (Å²) in [5.41, 5.74) is 3.73. The molecule has 0 fully saturated rings. The molecule has 0 radical (unpaired) electrons. The van der Waals surface area contributed by atoms with Crippen molar-refractivity contribution in [1.29, 1.82) is 0 Å². The number of nitrogens with zero attached hydrogens (tertiary/aromatic N) is 2. The Morgan fingerprint density at radius 2 is 1.69 bits per heavy atom. The molecule has 7 heteroatoms. The molecule has 0 saturated carbocycles. The molecule has 2 aromatic carbocycles. The van der Waals surface area contributed by atoms with Crippen molar-refractivity contribution in [1.82, 2.24) is 9.97 Å². The molecule has 0 atom stereocenters. The molecule has 1 aromatic heterocycles. The largest absolute Gasteiger partial charge is 0.324 e. The van der Waals surface area contributed by atoms with Gasteiger partial charge in [0.15, 0.2) is 0 Å². The average Bonchev–Trinajstić information content (AvgIpc) is 2.61. The topological polar surface area (TPSA) is 66.9 Å². The van der Waals surface area contributed by atoms with Crippen LogP contribution in [0.2, 0.25) is 10.0 Å². The lowest BCUT2D eigenvalue weighted by atomic mass is 10.2. The van der Waals surface area contributed by atoms with Crippen LogP contribution in [0, 0.1) is 13.8 Å². The molecule has 26 heavy (non-hydrogen) atoms. The van der Waals surface area contributed by atoms with Gasteiger partial charge in [-0.2, -0.15) is 0 Å². The van der Waals surface area contributed by atoms with Crippen molar-refractivity contribution in [3.8, 4) is 0 Å². The lowest BCUT2D eigenvalue weighted by molar-refractivity contribution is 0.102. The van der Waals surface area contributed by atoms with Crippen molar-refractivity contribution < 1.29 is 4.79 Å². The highest BCUT2D eigenvalue weighted by Gasteiger charge is 2.09. The number of aryl methyl sites for hydroxylation is 2. The lowest BCUT2D eigenvalue weighted by Gasteiger charge is -2.09. The van der Waals surface area contributed by atoms with Gasteiger partial charge in [0.25, 0.3) is 5.91 Å². The van der Waals surface area contributed by atoms with Gasteiger partial charge in [-0.05, 0) is 55.3 Å². The number of nitrogens with one attached hydrogen (secondary N) is 2. The molecule has 3 aromatic rings. The SMILES string of the molecule is Cc1ccc(NC(=O)c2cnc(Nc3ccc(Cl)cc3C)nc2)cc1Cl. The summed E-state index contributed by atoms with van der Waals surface area (Å²) in [6, 6.07) is 10.8. The molecule has 5 nitrogen and oxygen atoms in total. The van der Waals surface area contributed by atoms with E-state index in [0.717, 1.165) is 16.8 Å². The number of hydrogen-bond acceptors (Lipinski definition) is 4. The van der Waals surface area contributed by atoms with E-state index in [-0.39, 0.29) is 5.91 Å². The van der Waals surface area contributed by atoms with Crippen LogP contribution < -0.4 is 10.6 Å². The highest BCUT2D eigenvalue weighted by molar-refractivity contribution is 6.31. The van der Waals surface area contributed by atoms with E-state index in [2.05, 4.69) is 20.6 Å². The summed E-state index contributed by atoms with van der Waals surface area (Å²) in [5.74, 6) is 0.0875. The highest BCUT2D eigenvalue weighted by atomic mass is 35.5. The van der Waals surface area contributed by atoms with Gasteiger partial charge in [0, 0.05) is 33.8 Å². The fourth-order valence-corrected chi connectivity index (χ4v) is 2.68. The predicted molar refractivity (Wildman–Crippen MR) is 106 cm³/mol. The Balaban J connectivity index is 1.70. The Hall–Kier alpha value is -2.63. The van der Waals surface area contributed by atoms with E-state index in [1.54, 1.807) is 18.2 Å². The third-order valence-corrected chi connectivity index (χ3v) is 4.42. The van der Waals surface area contributed by atoms with Gasteiger partial charge in [-0.1, -0.05) is 29.3 Å². The number of carbonyl (C=O) groups excluding carboxylic acids is 1.